The highest BCUT2D eigenvalue weighted by Crippen LogP contribution is 2.20. The van der Waals surface area contributed by atoms with Gasteiger partial charge in [0, 0.05) is 0 Å². The first-order valence-electron chi connectivity index (χ1n) is 9.65. The number of nitrogens with one attached hydrogen (secondary N) is 2. The van der Waals surface area contributed by atoms with Gasteiger partial charge in [-0.1, -0.05) is 30.3 Å². The fourth-order valence-corrected chi connectivity index (χ4v) is 2.71. The molecule has 0 saturated heterocycles. The second kappa shape index (κ2) is 10.2. The van der Waals surface area contributed by atoms with Gasteiger partial charge in [0.05, 0.1) is 6.61 Å². The van der Waals surface area contributed by atoms with Crippen LogP contribution in [-0.2, 0) is 9.59 Å². The number of hydrogen-bond donors (Lipinski definition) is 2. The third-order valence-electron chi connectivity index (χ3n) is 4.23. The van der Waals surface area contributed by atoms with Crippen molar-refractivity contribution in [2.24, 2.45) is 0 Å². The Balaban J connectivity index is 1.42. The van der Waals surface area contributed by atoms with Crippen molar-refractivity contribution < 1.29 is 23.8 Å². The van der Waals surface area contributed by atoms with Crippen LogP contribution in [0.15, 0.2) is 66.7 Å². The predicted molar refractivity (Wildman–Crippen MR) is 113 cm³/mol. The molecule has 0 aliphatic heterocycles. The van der Waals surface area contributed by atoms with Crippen LogP contribution >= 0.6 is 0 Å². The molecule has 0 aliphatic rings. The molecule has 2 amide bonds. The van der Waals surface area contributed by atoms with Crippen molar-refractivity contribution in [1.82, 2.24) is 10.9 Å². The van der Waals surface area contributed by atoms with Crippen LogP contribution < -0.4 is 25.1 Å². The van der Waals surface area contributed by atoms with Crippen molar-refractivity contribution in [2.75, 3.05) is 13.2 Å². The third kappa shape index (κ3) is 5.88. The lowest BCUT2D eigenvalue weighted by atomic mass is 10.1. The molecule has 30 heavy (non-hydrogen) atoms. The Morgan fingerprint density at radius 1 is 0.833 bits per heavy atom. The molecule has 0 bridgehead atoms. The van der Waals surface area contributed by atoms with Crippen molar-refractivity contribution in [3.8, 4) is 17.2 Å². The average Bonchev–Trinajstić information content (AvgIpc) is 2.77. The van der Waals surface area contributed by atoms with E-state index in [1.54, 1.807) is 37.3 Å². The molecule has 0 heterocycles. The number of carbonyl (C=O) groups excluding carboxylic acids is 2. The summed E-state index contributed by atoms with van der Waals surface area (Å²) in [6.07, 6.45) is -0.801. The normalized spacial score (nSPS) is 11.4. The van der Waals surface area contributed by atoms with E-state index in [9.17, 15) is 9.59 Å². The van der Waals surface area contributed by atoms with Crippen LogP contribution in [0.2, 0.25) is 0 Å². The smallest absolute Gasteiger partial charge is 0.279 e. The van der Waals surface area contributed by atoms with Crippen LogP contribution in [0.3, 0.4) is 0 Å². The van der Waals surface area contributed by atoms with Crippen molar-refractivity contribution in [1.29, 1.82) is 0 Å². The monoisotopic (exact) mass is 408 g/mol. The molecule has 0 spiro atoms. The number of fused-ring (bicyclic) bond motifs is 1. The SMILES string of the molecule is CCOc1ccc(O[C@H](C)C(=O)NNC(=O)COc2ccc3ccccc3c2)cc1. The number of benzene rings is 3. The highest BCUT2D eigenvalue weighted by Gasteiger charge is 2.15. The van der Waals surface area contributed by atoms with Crippen LogP contribution in [0.4, 0.5) is 0 Å². The Morgan fingerprint density at radius 2 is 1.50 bits per heavy atom. The molecule has 7 heteroatoms. The lowest BCUT2D eigenvalue weighted by molar-refractivity contribution is -0.133. The molecule has 0 fully saturated rings. The minimum absolute atomic E-state index is 0.229. The van der Waals surface area contributed by atoms with Gasteiger partial charge in [0.15, 0.2) is 12.7 Å². The van der Waals surface area contributed by atoms with Crippen LogP contribution in [0, 0.1) is 0 Å². The second-order valence-corrected chi connectivity index (χ2v) is 6.50. The van der Waals surface area contributed by atoms with Crippen LogP contribution in [0.25, 0.3) is 10.8 Å². The Hall–Kier alpha value is -3.74. The minimum Gasteiger partial charge on any atom is -0.494 e. The third-order valence-corrected chi connectivity index (χ3v) is 4.23. The van der Waals surface area contributed by atoms with Crippen LogP contribution in [-0.4, -0.2) is 31.1 Å². The fourth-order valence-electron chi connectivity index (χ4n) is 2.71. The molecular weight excluding hydrogens is 384 g/mol. The average molecular weight is 408 g/mol. The summed E-state index contributed by atoms with van der Waals surface area (Å²) in [5.74, 6) is 0.850. The lowest BCUT2D eigenvalue weighted by Crippen LogP contribution is -2.48. The lowest BCUT2D eigenvalue weighted by Gasteiger charge is -2.15. The number of rotatable bonds is 8. The van der Waals surface area contributed by atoms with E-state index >= 15 is 0 Å². The van der Waals surface area contributed by atoms with E-state index in [1.165, 1.54) is 0 Å². The highest BCUT2D eigenvalue weighted by molar-refractivity contribution is 5.86. The van der Waals surface area contributed by atoms with E-state index in [2.05, 4.69) is 10.9 Å². The van der Waals surface area contributed by atoms with Gasteiger partial charge in [-0.2, -0.15) is 0 Å². The molecule has 1 atom stereocenters. The first kappa shape index (κ1) is 21.0. The van der Waals surface area contributed by atoms with Crippen molar-refractivity contribution in [2.45, 2.75) is 20.0 Å². The Bertz CT molecular complexity index is 1000. The standard InChI is InChI=1S/C23H24N2O5/c1-3-28-19-10-12-20(13-11-19)30-16(2)23(27)25-24-22(26)15-29-21-9-8-17-6-4-5-7-18(17)14-21/h4-14,16H,3,15H2,1-2H3,(H,24,26)(H,25,27)/t16-/m1/s1. The van der Waals surface area contributed by atoms with Gasteiger partial charge in [0.2, 0.25) is 0 Å². The van der Waals surface area contributed by atoms with Crippen LogP contribution in [0.5, 0.6) is 17.2 Å². The van der Waals surface area contributed by atoms with Gasteiger partial charge in [-0.25, -0.2) is 0 Å². The zero-order chi connectivity index (χ0) is 21.3. The summed E-state index contributed by atoms with van der Waals surface area (Å²) in [6, 6.07) is 20.4. The zero-order valence-electron chi connectivity index (χ0n) is 16.9. The van der Waals surface area contributed by atoms with E-state index in [1.807, 2.05) is 43.3 Å². The summed E-state index contributed by atoms with van der Waals surface area (Å²) in [5.41, 5.74) is 4.65. The summed E-state index contributed by atoms with van der Waals surface area (Å²) in [5, 5.41) is 2.10. The maximum absolute atomic E-state index is 12.1. The molecule has 7 nitrogen and oxygen atoms in total. The quantitative estimate of drug-likeness (QED) is 0.559. The van der Waals surface area contributed by atoms with E-state index in [4.69, 9.17) is 14.2 Å². The van der Waals surface area contributed by atoms with E-state index in [0.29, 0.717) is 18.1 Å². The number of amides is 2. The van der Waals surface area contributed by atoms with Crippen molar-refractivity contribution in [3.63, 3.8) is 0 Å². The molecule has 3 rings (SSSR count). The zero-order valence-corrected chi connectivity index (χ0v) is 16.9. The van der Waals surface area contributed by atoms with Gasteiger partial charge in [0.25, 0.3) is 11.8 Å². The Labute approximate surface area is 174 Å². The van der Waals surface area contributed by atoms with Crippen molar-refractivity contribution in [3.05, 3.63) is 66.7 Å². The molecule has 3 aromatic carbocycles. The molecule has 0 unspecified atom stereocenters. The van der Waals surface area contributed by atoms with Gasteiger partial charge >= 0.3 is 0 Å². The molecule has 156 valence electrons. The number of ether oxygens (including phenoxy) is 3. The summed E-state index contributed by atoms with van der Waals surface area (Å²) >= 11 is 0. The minimum atomic E-state index is -0.801. The first-order valence-corrected chi connectivity index (χ1v) is 9.65. The Kier molecular flexibility index (Phi) is 7.10. The molecule has 0 radical (unpaired) electrons. The topological polar surface area (TPSA) is 85.9 Å². The van der Waals surface area contributed by atoms with E-state index in [0.717, 1.165) is 16.5 Å². The summed E-state index contributed by atoms with van der Waals surface area (Å²) < 4.78 is 16.4. The van der Waals surface area contributed by atoms with Gasteiger partial charge in [-0.05, 0) is 61.0 Å². The van der Waals surface area contributed by atoms with E-state index < -0.39 is 17.9 Å². The van der Waals surface area contributed by atoms with E-state index in [-0.39, 0.29) is 6.61 Å². The number of hydrogen-bond acceptors (Lipinski definition) is 5. The van der Waals surface area contributed by atoms with Crippen LogP contribution in [0.1, 0.15) is 13.8 Å². The fraction of sp³-hybridized carbons (Fsp3) is 0.217. The molecule has 2 N–H and O–H groups in total. The van der Waals surface area contributed by atoms with Gasteiger partial charge in [-0.15, -0.1) is 0 Å². The summed E-state index contributed by atoms with van der Waals surface area (Å²) in [7, 11) is 0. The maximum Gasteiger partial charge on any atom is 0.279 e. The van der Waals surface area contributed by atoms with Gasteiger partial charge in [0.1, 0.15) is 17.2 Å². The maximum atomic E-state index is 12.1. The molecular formula is C23H24N2O5. The van der Waals surface area contributed by atoms with Gasteiger partial charge in [-0.3, -0.25) is 20.4 Å². The molecule has 0 aliphatic carbocycles. The number of carbonyl (C=O) groups is 2. The first-order chi connectivity index (χ1) is 14.5. The molecule has 3 aromatic rings. The van der Waals surface area contributed by atoms with Crippen molar-refractivity contribution >= 4 is 22.6 Å². The predicted octanol–water partition coefficient (Wildman–Crippen LogP) is 3.23. The van der Waals surface area contributed by atoms with Gasteiger partial charge < -0.3 is 14.2 Å². The molecule has 0 aromatic heterocycles. The highest BCUT2D eigenvalue weighted by atomic mass is 16.5. The second-order valence-electron chi connectivity index (χ2n) is 6.50. The summed E-state index contributed by atoms with van der Waals surface area (Å²) in [6.45, 7) is 3.83. The molecule has 0 saturated carbocycles. The summed E-state index contributed by atoms with van der Waals surface area (Å²) in [4.78, 5) is 24.1. The number of hydrazine groups is 1. The largest absolute Gasteiger partial charge is 0.494 e. The Morgan fingerprint density at radius 3 is 2.23 bits per heavy atom.